The van der Waals surface area contributed by atoms with E-state index in [1.165, 1.54) is 0 Å². The van der Waals surface area contributed by atoms with Gasteiger partial charge in [-0.15, -0.1) is 0 Å². The van der Waals surface area contributed by atoms with Crippen LogP contribution in [0.5, 0.6) is 0 Å². The van der Waals surface area contributed by atoms with E-state index in [4.69, 9.17) is 9.47 Å². The number of alkyl carbamates (subject to hydrolysis) is 2. The van der Waals surface area contributed by atoms with Crippen molar-refractivity contribution in [2.75, 3.05) is 0 Å². The highest BCUT2D eigenvalue weighted by molar-refractivity contribution is 5.86. The number of amides is 3. The van der Waals surface area contributed by atoms with Gasteiger partial charge in [0.05, 0.1) is 17.8 Å². The molecule has 3 amide bonds. The molecule has 4 rings (SSSR count). The van der Waals surface area contributed by atoms with Crippen LogP contribution in [0.3, 0.4) is 0 Å². The summed E-state index contributed by atoms with van der Waals surface area (Å²) in [4.78, 5) is 48.2. The Bertz CT molecular complexity index is 1660. The zero-order valence-electron chi connectivity index (χ0n) is 29.7. The number of hydrogen-bond donors (Lipinski definition) is 4. The van der Waals surface area contributed by atoms with Crippen LogP contribution in [-0.4, -0.2) is 57.4 Å². The summed E-state index contributed by atoms with van der Waals surface area (Å²) in [6.07, 6.45) is 1.63. The van der Waals surface area contributed by atoms with E-state index in [1.807, 2.05) is 107 Å². The smallest absolute Gasteiger partial charge is 0.408 e. The van der Waals surface area contributed by atoms with E-state index in [1.54, 1.807) is 24.5 Å². The third-order valence-electron chi connectivity index (χ3n) is 8.35. The summed E-state index contributed by atoms with van der Waals surface area (Å²) in [6, 6.07) is 26.0. The Balaban J connectivity index is 1.45. The maximum absolute atomic E-state index is 13.8. The van der Waals surface area contributed by atoms with Crippen LogP contribution in [-0.2, 0) is 40.3 Å². The number of nitrogens with one attached hydrogen (secondary N) is 3. The fourth-order valence-electron chi connectivity index (χ4n) is 5.56. The van der Waals surface area contributed by atoms with Gasteiger partial charge in [0.15, 0.2) is 0 Å². The molecule has 51 heavy (non-hydrogen) atoms. The van der Waals surface area contributed by atoms with Crippen molar-refractivity contribution in [3.8, 4) is 0 Å². The second-order valence-corrected chi connectivity index (χ2v) is 13.2. The Morgan fingerprint density at radius 1 is 0.706 bits per heavy atom. The molecule has 11 heteroatoms. The van der Waals surface area contributed by atoms with Gasteiger partial charge >= 0.3 is 12.2 Å². The van der Waals surface area contributed by atoms with Crippen molar-refractivity contribution >= 4 is 18.1 Å². The summed E-state index contributed by atoms with van der Waals surface area (Å²) >= 11 is 0. The Morgan fingerprint density at radius 2 is 1.33 bits per heavy atom. The molecule has 1 unspecified atom stereocenters. The van der Waals surface area contributed by atoms with E-state index in [0.29, 0.717) is 18.5 Å². The zero-order valence-corrected chi connectivity index (χ0v) is 29.7. The van der Waals surface area contributed by atoms with Crippen LogP contribution >= 0.6 is 0 Å². The Labute approximate surface area is 300 Å². The average molecular weight is 696 g/mol. The van der Waals surface area contributed by atoms with Crippen molar-refractivity contribution in [1.29, 1.82) is 0 Å². The standard InChI is InChI=1S/C40H49N5O6/c1-27(2)34-19-11-18-32(42-34)26-51-40(49)45-37(28(3)4)38(47)44-35(22-30-15-9-6-10-16-30)36(46)23-33(21-29-13-7-5-8-14-29)43-39(48)50-25-31-17-12-20-41-24-31/h5-20,24,27-28,33,35-37,46H,21-23,25-26H2,1-4H3,(H,43,48)(H,44,47)(H,45,49)/t33-,35-,36-,37?/m0/s1. The lowest BCUT2D eigenvalue weighted by Gasteiger charge is -2.30. The summed E-state index contributed by atoms with van der Waals surface area (Å²) in [5, 5.41) is 20.3. The lowest BCUT2D eigenvalue weighted by Crippen LogP contribution is -2.56. The molecular formula is C40H49N5O6. The highest BCUT2D eigenvalue weighted by Crippen LogP contribution is 2.16. The Kier molecular flexibility index (Phi) is 14.9. The van der Waals surface area contributed by atoms with Crippen LogP contribution in [0, 0.1) is 5.92 Å². The summed E-state index contributed by atoms with van der Waals surface area (Å²) in [6.45, 7) is 7.70. The molecule has 4 atom stereocenters. The van der Waals surface area contributed by atoms with E-state index in [2.05, 4.69) is 25.9 Å². The van der Waals surface area contributed by atoms with Crippen molar-refractivity contribution in [2.45, 2.75) is 90.3 Å². The number of carbonyl (C=O) groups excluding carboxylic acids is 3. The van der Waals surface area contributed by atoms with Crippen LogP contribution in [0.4, 0.5) is 9.59 Å². The topological polar surface area (TPSA) is 152 Å². The largest absolute Gasteiger partial charge is 0.445 e. The van der Waals surface area contributed by atoms with Gasteiger partial charge in [0.25, 0.3) is 0 Å². The zero-order chi connectivity index (χ0) is 36.6. The summed E-state index contributed by atoms with van der Waals surface area (Å²) < 4.78 is 10.9. The first-order valence-electron chi connectivity index (χ1n) is 17.3. The van der Waals surface area contributed by atoms with Gasteiger partial charge in [-0.25, -0.2) is 9.59 Å². The molecule has 0 saturated heterocycles. The maximum atomic E-state index is 13.8. The lowest BCUT2D eigenvalue weighted by molar-refractivity contribution is -0.125. The minimum absolute atomic E-state index is 0.0415. The first-order chi connectivity index (χ1) is 24.6. The molecular weight excluding hydrogens is 646 g/mol. The molecule has 0 radical (unpaired) electrons. The molecule has 2 aromatic heterocycles. The minimum Gasteiger partial charge on any atom is -0.445 e. The molecule has 0 spiro atoms. The number of carbonyl (C=O) groups is 3. The summed E-state index contributed by atoms with van der Waals surface area (Å²) in [5.41, 5.74) is 4.09. The number of ether oxygens (including phenoxy) is 2. The van der Waals surface area contributed by atoms with Crippen molar-refractivity contribution < 1.29 is 29.0 Å². The predicted molar refractivity (Wildman–Crippen MR) is 194 cm³/mol. The van der Waals surface area contributed by atoms with Gasteiger partial charge in [-0.3, -0.25) is 14.8 Å². The maximum Gasteiger partial charge on any atom is 0.408 e. The lowest BCUT2D eigenvalue weighted by atomic mass is 9.93. The van der Waals surface area contributed by atoms with Gasteiger partial charge in [0.1, 0.15) is 19.3 Å². The molecule has 0 aliphatic heterocycles. The Morgan fingerprint density at radius 3 is 1.96 bits per heavy atom. The number of nitrogens with zero attached hydrogens (tertiary/aromatic N) is 2. The van der Waals surface area contributed by atoms with Gasteiger partial charge in [-0.05, 0) is 60.4 Å². The van der Waals surface area contributed by atoms with Gasteiger partial charge < -0.3 is 30.5 Å². The Hall–Kier alpha value is -5.29. The molecule has 0 bridgehead atoms. The fourth-order valence-corrected chi connectivity index (χ4v) is 5.56. The quantitative estimate of drug-likeness (QED) is 0.107. The molecule has 4 N–H and O–H groups in total. The fraction of sp³-hybridized carbons (Fsp3) is 0.375. The third kappa shape index (κ3) is 13.2. The highest BCUT2D eigenvalue weighted by atomic mass is 16.6. The van der Waals surface area contributed by atoms with Gasteiger partial charge in [0, 0.05) is 29.7 Å². The van der Waals surface area contributed by atoms with Crippen LogP contribution in [0.25, 0.3) is 0 Å². The van der Waals surface area contributed by atoms with E-state index in [0.717, 1.165) is 22.4 Å². The van der Waals surface area contributed by atoms with Gasteiger partial charge in [0.2, 0.25) is 5.91 Å². The molecule has 270 valence electrons. The first-order valence-corrected chi connectivity index (χ1v) is 17.3. The molecule has 4 aromatic rings. The summed E-state index contributed by atoms with van der Waals surface area (Å²) in [7, 11) is 0. The molecule has 0 aliphatic rings. The van der Waals surface area contributed by atoms with E-state index in [-0.39, 0.29) is 31.5 Å². The van der Waals surface area contributed by atoms with Crippen molar-refractivity contribution in [3.05, 3.63) is 131 Å². The van der Waals surface area contributed by atoms with Crippen LogP contribution in [0.15, 0.2) is 103 Å². The van der Waals surface area contributed by atoms with E-state index >= 15 is 0 Å². The van der Waals surface area contributed by atoms with Crippen LogP contribution in [0.2, 0.25) is 0 Å². The minimum atomic E-state index is -1.08. The number of hydrogen-bond acceptors (Lipinski definition) is 8. The van der Waals surface area contributed by atoms with Gasteiger partial charge in [-0.2, -0.15) is 0 Å². The molecule has 0 aliphatic carbocycles. The molecule has 0 saturated carbocycles. The second-order valence-electron chi connectivity index (χ2n) is 13.2. The third-order valence-corrected chi connectivity index (χ3v) is 8.35. The molecule has 2 heterocycles. The number of pyridine rings is 2. The van der Waals surface area contributed by atoms with Crippen molar-refractivity contribution in [1.82, 2.24) is 25.9 Å². The first kappa shape index (κ1) is 38.5. The van der Waals surface area contributed by atoms with Crippen molar-refractivity contribution in [3.63, 3.8) is 0 Å². The molecule has 0 fully saturated rings. The average Bonchev–Trinajstić information content (AvgIpc) is 3.13. The monoisotopic (exact) mass is 695 g/mol. The number of aliphatic hydroxyl groups excluding tert-OH is 1. The van der Waals surface area contributed by atoms with E-state index in [9.17, 15) is 19.5 Å². The normalized spacial score (nSPS) is 13.5. The predicted octanol–water partition coefficient (Wildman–Crippen LogP) is 5.87. The molecule has 11 nitrogen and oxygen atoms in total. The number of benzene rings is 2. The highest BCUT2D eigenvalue weighted by Gasteiger charge is 2.31. The molecule has 2 aromatic carbocycles. The van der Waals surface area contributed by atoms with E-state index < -0.39 is 42.3 Å². The van der Waals surface area contributed by atoms with Crippen molar-refractivity contribution in [2.24, 2.45) is 5.92 Å². The van der Waals surface area contributed by atoms with Gasteiger partial charge in [-0.1, -0.05) is 100 Å². The van der Waals surface area contributed by atoms with Crippen LogP contribution in [0.1, 0.15) is 68.1 Å². The number of rotatable bonds is 17. The number of aromatic nitrogens is 2. The SMILES string of the molecule is CC(C)c1cccc(COC(=O)NC(C(=O)N[C@@H](Cc2ccccc2)[C@@H](O)C[C@H](Cc2ccccc2)NC(=O)OCc2cccnc2)C(C)C)n1. The number of aliphatic hydroxyl groups is 1. The second kappa shape index (κ2) is 19.8. The summed E-state index contributed by atoms with van der Waals surface area (Å²) in [5.74, 6) is -0.538. The van der Waals surface area contributed by atoms with Crippen LogP contribution < -0.4 is 16.0 Å².